The van der Waals surface area contributed by atoms with Gasteiger partial charge in [0, 0.05) is 5.57 Å². The maximum absolute atomic E-state index is 4.61. The van der Waals surface area contributed by atoms with Crippen molar-refractivity contribution in [2.75, 3.05) is 0 Å². The van der Waals surface area contributed by atoms with E-state index in [2.05, 4.69) is 47.2 Å². The van der Waals surface area contributed by atoms with Gasteiger partial charge in [-0.1, -0.05) is 59.5 Å². The summed E-state index contributed by atoms with van der Waals surface area (Å²) in [6.07, 6.45) is 12.1. The number of nitrogens with zero attached hydrogens (tertiary/aromatic N) is 1. The monoisotopic (exact) mass is 325 g/mol. The van der Waals surface area contributed by atoms with Crippen molar-refractivity contribution in [1.82, 2.24) is 0 Å². The summed E-state index contributed by atoms with van der Waals surface area (Å²) in [5.74, 6) is 0. The predicted octanol–water partition coefficient (Wildman–Crippen LogP) is 4.39. The molecule has 1 unspecified atom stereocenters. The highest BCUT2D eigenvalue weighted by atomic mass is 127. The normalized spacial score (nSPS) is 21.7. The van der Waals surface area contributed by atoms with E-state index in [0.29, 0.717) is 0 Å². The van der Waals surface area contributed by atoms with E-state index in [4.69, 9.17) is 0 Å². The lowest BCUT2D eigenvalue weighted by Crippen LogP contribution is -1.96. The Morgan fingerprint density at radius 3 is 2.62 bits per heavy atom. The highest BCUT2D eigenvalue weighted by molar-refractivity contribution is 14.1. The van der Waals surface area contributed by atoms with Crippen LogP contribution in [0.5, 0.6) is 0 Å². The second-order valence-electron chi connectivity index (χ2n) is 3.44. The zero-order chi connectivity index (χ0) is 12.0. The van der Waals surface area contributed by atoms with Gasteiger partial charge in [0.2, 0.25) is 0 Å². The van der Waals surface area contributed by atoms with Crippen LogP contribution in [0.25, 0.3) is 0 Å². The first-order chi connectivity index (χ1) is 7.74. The molecule has 0 aromatic carbocycles. The molecule has 84 valence electrons. The molecular formula is C14H16IN. The van der Waals surface area contributed by atoms with Crippen molar-refractivity contribution in [2.24, 2.45) is 4.99 Å². The van der Waals surface area contributed by atoms with E-state index in [1.54, 1.807) is 0 Å². The Kier molecular flexibility index (Phi) is 5.46. The molecule has 0 radical (unpaired) electrons. The molecule has 1 nitrogen and oxygen atoms in total. The maximum atomic E-state index is 4.61. The Labute approximate surface area is 111 Å². The van der Waals surface area contributed by atoms with Gasteiger partial charge >= 0.3 is 0 Å². The third kappa shape index (κ3) is 3.04. The van der Waals surface area contributed by atoms with E-state index in [9.17, 15) is 0 Å². The van der Waals surface area contributed by atoms with Gasteiger partial charge in [-0.2, -0.15) is 0 Å². The third-order valence-corrected chi connectivity index (χ3v) is 2.78. The largest absolute Gasteiger partial charge is 0.277 e. The van der Waals surface area contributed by atoms with E-state index in [0.717, 1.165) is 5.71 Å². The molecule has 0 spiro atoms. The Balaban J connectivity index is 3.06. The van der Waals surface area contributed by atoms with Crippen LogP contribution < -0.4 is 0 Å². The number of halogens is 1. The molecule has 1 atom stereocenters. The second-order valence-corrected chi connectivity index (χ2v) is 4.16. The van der Waals surface area contributed by atoms with Crippen LogP contribution in [0.15, 0.2) is 63.3 Å². The van der Waals surface area contributed by atoms with Crippen LogP contribution in [-0.4, -0.2) is 11.8 Å². The smallest absolute Gasteiger partial charge is 0.0734 e. The van der Waals surface area contributed by atoms with Crippen LogP contribution in [0.2, 0.25) is 0 Å². The standard InChI is InChI=1S/C14H16IN/c1-4-8-13-12(5-2)11(3)16-14(13)9-6-7-10-15/h4-11H,2H2,1,3H3/b8-4-,9-6-,10-7-. The average molecular weight is 325 g/mol. The molecule has 0 saturated carbocycles. The number of hydrogen-bond donors (Lipinski definition) is 0. The topological polar surface area (TPSA) is 12.4 Å². The number of hydrogen-bond acceptors (Lipinski definition) is 1. The lowest BCUT2D eigenvalue weighted by atomic mass is 10.0. The van der Waals surface area contributed by atoms with Crippen LogP contribution in [0.1, 0.15) is 13.8 Å². The molecule has 0 amide bonds. The first kappa shape index (κ1) is 13.2. The molecule has 1 aliphatic heterocycles. The fraction of sp³-hybridized carbons (Fsp3) is 0.214. The number of allylic oxidation sites excluding steroid dienone is 6. The van der Waals surface area contributed by atoms with E-state index >= 15 is 0 Å². The lowest BCUT2D eigenvalue weighted by Gasteiger charge is -2.01. The third-order valence-electron chi connectivity index (χ3n) is 2.36. The number of aliphatic imine (C=N–C) groups is 1. The van der Waals surface area contributed by atoms with Crippen molar-refractivity contribution in [2.45, 2.75) is 19.9 Å². The van der Waals surface area contributed by atoms with Gasteiger partial charge in [0.1, 0.15) is 0 Å². The summed E-state index contributed by atoms with van der Waals surface area (Å²) in [6.45, 7) is 7.96. The van der Waals surface area contributed by atoms with Gasteiger partial charge in [0.25, 0.3) is 0 Å². The summed E-state index contributed by atoms with van der Waals surface area (Å²) in [5, 5.41) is 0. The van der Waals surface area contributed by atoms with E-state index in [1.807, 2.05) is 41.4 Å². The van der Waals surface area contributed by atoms with E-state index < -0.39 is 0 Å². The minimum atomic E-state index is 0.215. The Morgan fingerprint density at radius 2 is 2.06 bits per heavy atom. The highest BCUT2D eigenvalue weighted by Crippen LogP contribution is 2.24. The zero-order valence-corrected chi connectivity index (χ0v) is 11.8. The minimum Gasteiger partial charge on any atom is -0.277 e. The van der Waals surface area contributed by atoms with Crippen molar-refractivity contribution < 1.29 is 0 Å². The minimum absolute atomic E-state index is 0.215. The summed E-state index contributed by atoms with van der Waals surface area (Å²) in [5.41, 5.74) is 3.43. The molecule has 1 aliphatic rings. The fourth-order valence-electron chi connectivity index (χ4n) is 1.67. The molecule has 2 heteroatoms. The first-order valence-corrected chi connectivity index (χ1v) is 6.50. The summed E-state index contributed by atoms with van der Waals surface area (Å²) < 4.78 is 1.97. The molecular weight excluding hydrogens is 309 g/mol. The van der Waals surface area contributed by atoms with Gasteiger partial charge in [-0.15, -0.1) is 0 Å². The molecule has 0 aliphatic carbocycles. The van der Waals surface area contributed by atoms with Crippen molar-refractivity contribution >= 4 is 28.3 Å². The Morgan fingerprint density at radius 1 is 1.31 bits per heavy atom. The van der Waals surface area contributed by atoms with Gasteiger partial charge in [-0.05, 0) is 29.6 Å². The molecule has 0 aromatic heterocycles. The van der Waals surface area contributed by atoms with Crippen LogP contribution in [0.4, 0.5) is 0 Å². The maximum Gasteiger partial charge on any atom is 0.0734 e. The van der Waals surface area contributed by atoms with Crippen molar-refractivity contribution in [1.29, 1.82) is 0 Å². The van der Waals surface area contributed by atoms with E-state index in [1.165, 1.54) is 11.1 Å². The van der Waals surface area contributed by atoms with Crippen LogP contribution in [0, 0.1) is 0 Å². The quantitative estimate of drug-likeness (QED) is 0.537. The van der Waals surface area contributed by atoms with Crippen molar-refractivity contribution in [3.8, 4) is 0 Å². The summed E-state index contributed by atoms with van der Waals surface area (Å²) in [7, 11) is 0. The molecule has 16 heavy (non-hydrogen) atoms. The summed E-state index contributed by atoms with van der Waals surface area (Å²) in [6, 6.07) is 0.215. The average Bonchev–Trinajstić information content (AvgIpc) is 2.56. The van der Waals surface area contributed by atoms with Gasteiger partial charge in [-0.25, -0.2) is 0 Å². The van der Waals surface area contributed by atoms with E-state index in [-0.39, 0.29) is 6.04 Å². The predicted molar refractivity (Wildman–Crippen MR) is 81.2 cm³/mol. The second kappa shape index (κ2) is 6.63. The number of rotatable bonds is 4. The Bertz CT molecular complexity index is 408. The van der Waals surface area contributed by atoms with Crippen LogP contribution in [-0.2, 0) is 0 Å². The van der Waals surface area contributed by atoms with Gasteiger partial charge in [0.15, 0.2) is 0 Å². The molecule has 0 N–H and O–H groups in total. The lowest BCUT2D eigenvalue weighted by molar-refractivity contribution is 0.907. The molecule has 0 aromatic rings. The van der Waals surface area contributed by atoms with Gasteiger partial charge in [-0.3, -0.25) is 4.99 Å². The fourth-order valence-corrected chi connectivity index (χ4v) is 1.91. The molecule has 0 saturated heterocycles. The highest BCUT2D eigenvalue weighted by Gasteiger charge is 2.19. The van der Waals surface area contributed by atoms with Crippen molar-refractivity contribution in [3.05, 3.63) is 58.3 Å². The van der Waals surface area contributed by atoms with Crippen LogP contribution >= 0.6 is 22.6 Å². The molecule has 0 fully saturated rings. The molecule has 1 rings (SSSR count). The summed E-state index contributed by atoms with van der Waals surface area (Å²) in [4.78, 5) is 4.61. The molecule has 0 bridgehead atoms. The van der Waals surface area contributed by atoms with Crippen molar-refractivity contribution in [3.63, 3.8) is 0 Å². The zero-order valence-electron chi connectivity index (χ0n) is 9.65. The summed E-state index contributed by atoms with van der Waals surface area (Å²) >= 11 is 2.20. The molecule has 1 heterocycles. The Hall–Kier alpha value is -0.900. The van der Waals surface area contributed by atoms with Crippen LogP contribution in [0.3, 0.4) is 0 Å². The van der Waals surface area contributed by atoms with Gasteiger partial charge in [0.05, 0.1) is 11.8 Å². The first-order valence-electron chi connectivity index (χ1n) is 5.25. The SMILES string of the molecule is C=CC1=C(/C=C\C)C(/C=C\C=C/I)=NC1C. The van der Waals surface area contributed by atoms with Gasteiger partial charge < -0.3 is 0 Å².